The first-order valence-electron chi connectivity index (χ1n) is 11.2. The number of ether oxygens (including phenoxy) is 1. The molecule has 0 radical (unpaired) electrons. The number of hydrogen-bond acceptors (Lipinski definition) is 7. The number of carboxylic acids is 1. The summed E-state index contributed by atoms with van der Waals surface area (Å²) in [4.78, 5) is 35.9. The minimum Gasteiger partial charge on any atom is -0.475 e. The second-order valence-electron chi connectivity index (χ2n) is 8.90. The van der Waals surface area contributed by atoms with E-state index in [9.17, 15) is 18.0 Å². The summed E-state index contributed by atoms with van der Waals surface area (Å²) < 4.78 is 37.9. The molecule has 1 aromatic heterocycles. The maximum Gasteiger partial charge on any atom is 0.490 e. The molecule has 0 aromatic carbocycles. The van der Waals surface area contributed by atoms with Crippen molar-refractivity contribution in [3.63, 3.8) is 0 Å². The summed E-state index contributed by atoms with van der Waals surface area (Å²) in [6, 6.07) is 2.11. The molecule has 0 saturated carbocycles. The molecule has 1 unspecified atom stereocenters. The Morgan fingerprint density at radius 1 is 1.26 bits per heavy atom. The lowest BCUT2D eigenvalue weighted by molar-refractivity contribution is -0.192. The zero-order chi connectivity index (χ0) is 24.9. The number of aliphatic carboxylic acids is 1. The Morgan fingerprint density at radius 2 is 1.91 bits per heavy atom. The summed E-state index contributed by atoms with van der Waals surface area (Å²) in [6.45, 7) is 5.05. The van der Waals surface area contributed by atoms with Gasteiger partial charge in [0, 0.05) is 46.4 Å². The third kappa shape index (κ3) is 6.19. The number of carbonyl (C=O) groups excluding carboxylic acids is 1. The molecule has 3 fully saturated rings. The molecule has 2 N–H and O–H groups in total. The van der Waals surface area contributed by atoms with Crippen molar-refractivity contribution in [1.29, 1.82) is 0 Å². The second-order valence-corrected chi connectivity index (χ2v) is 8.90. The fourth-order valence-corrected chi connectivity index (χ4v) is 4.44. The van der Waals surface area contributed by atoms with Gasteiger partial charge < -0.3 is 29.9 Å². The number of likely N-dealkylation sites (tertiary alicyclic amines) is 1. The van der Waals surface area contributed by atoms with Gasteiger partial charge in [-0.3, -0.25) is 0 Å². The SMILES string of the molecule is CN(C)c1cc(N2CC3(C2)OCCC3CCNC(=O)N2CCCC2)ncn1.O=C(O)C(F)(F)F. The summed E-state index contributed by atoms with van der Waals surface area (Å²) >= 11 is 0. The minimum absolute atomic E-state index is 0.0817. The number of hydrogen-bond donors (Lipinski definition) is 2. The Hall–Kier alpha value is -2.83. The summed E-state index contributed by atoms with van der Waals surface area (Å²) in [5.74, 6) is -0.402. The van der Waals surface area contributed by atoms with Gasteiger partial charge in [0.05, 0.1) is 13.1 Å². The molecule has 34 heavy (non-hydrogen) atoms. The molecule has 4 heterocycles. The average Bonchev–Trinajstić information content (AvgIpc) is 3.43. The van der Waals surface area contributed by atoms with Crippen LogP contribution in [0, 0.1) is 5.92 Å². The van der Waals surface area contributed by atoms with Gasteiger partial charge in [-0.15, -0.1) is 0 Å². The van der Waals surface area contributed by atoms with Gasteiger partial charge in [-0.1, -0.05) is 0 Å². The number of anilines is 2. The third-order valence-electron chi connectivity index (χ3n) is 6.34. The van der Waals surface area contributed by atoms with E-state index in [1.165, 1.54) is 0 Å². The molecule has 0 bridgehead atoms. The van der Waals surface area contributed by atoms with Gasteiger partial charge in [0.2, 0.25) is 0 Å². The lowest BCUT2D eigenvalue weighted by Gasteiger charge is -2.51. The number of carbonyl (C=O) groups is 2. The maximum atomic E-state index is 12.1. The van der Waals surface area contributed by atoms with Crippen molar-refractivity contribution >= 4 is 23.6 Å². The van der Waals surface area contributed by atoms with E-state index in [2.05, 4.69) is 20.2 Å². The van der Waals surface area contributed by atoms with E-state index in [1.807, 2.05) is 30.0 Å². The predicted octanol–water partition coefficient (Wildman–Crippen LogP) is 1.97. The number of nitrogens with zero attached hydrogens (tertiary/aromatic N) is 5. The lowest BCUT2D eigenvalue weighted by atomic mass is 9.79. The van der Waals surface area contributed by atoms with Crippen molar-refractivity contribution < 1.29 is 32.6 Å². The zero-order valence-corrected chi connectivity index (χ0v) is 19.3. The molecule has 1 aromatic rings. The molecule has 2 amide bonds. The molecule has 3 saturated heterocycles. The van der Waals surface area contributed by atoms with E-state index in [0.29, 0.717) is 5.92 Å². The Labute approximate surface area is 196 Å². The molecule has 190 valence electrons. The lowest BCUT2D eigenvalue weighted by Crippen LogP contribution is -2.65. The quantitative estimate of drug-likeness (QED) is 0.647. The van der Waals surface area contributed by atoms with E-state index < -0.39 is 12.1 Å². The Bertz CT molecular complexity index is 857. The van der Waals surface area contributed by atoms with Crippen LogP contribution in [0.3, 0.4) is 0 Å². The molecule has 10 nitrogen and oxygen atoms in total. The van der Waals surface area contributed by atoms with E-state index >= 15 is 0 Å². The molecule has 13 heteroatoms. The molecule has 0 aliphatic carbocycles. The van der Waals surface area contributed by atoms with Gasteiger partial charge in [0.15, 0.2) is 0 Å². The predicted molar refractivity (Wildman–Crippen MR) is 118 cm³/mol. The highest BCUT2D eigenvalue weighted by Gasteiger charge is 2.53. The summed E-state index contributed by atoms with van der Waals surface area (Å²) in [6.07, 6.45) is 0.833. The van der Waals surface area contributed by atoms with Crippen molar-refractivity contribution in [2.45, 2.75) is 37.5 Å². The smallest absolute Gasteiger partial charge is 0.475 e. The van der Waals surface area contributed by atoms with Crippen LogP contribution in [0.4, 0.5) is 29.6 Å². The van der Waals surface area contributed by atoms with E-state index in [4.69, 9.17) is 14.6 Å². The molecule has 4 rings (SSSR count). The number of nitrogens with one attached hydrogen (secondary N) is 1. The van der Waals surface area contributed by atoms with Crippen LogP contribution in [0.25, 0.3) is 0 Å². The first-order valence-corrected chi connectivity index (χ1v) is 11.2. The van der Waals surface area contributed by atoms with Crippen LogP contribution in [-0.4, -0.2) is 97.2 Å². The molecule has 1 spiro atoms. The van der Waals surface area contributed by atoms with Crippen molar-refractivity contribution in [2.24, 2.45) is 5.92 Å². The highest BCUT2D eigenvalue weighted by molar-refractivity contribution is 5.74. The van der Waals surface area contributed by atoms with E-state index in [-0.39, 0.29) is 11.6 Å². The molecular formula is C21H31F3N6O4. The monoisotopic (exact) mass is 488 g/mol. The van der Waals surface area contributed by atoms with Gasteiger partial charge in [-0.25, -0.2) is 19.6 Å². The van der Waals surface area contributed by atoms with Crippen LogP contribution in [0.5, 0.6) is 0 Å². The summed E-state index contributed by atoms with van der Waals surface area (Å²) in [5.41, 5.74) is -0.0817. The van der Waals surface area contributed by atoms with Crippen LogP contribution < -0.4 is 15.1 Å². The normalized spacial score (nSPS) is 21.0. The van der Waals surface area contributed by atoms with Crippen LogP contribution in [0.1, 0.15) is 25.7 Å². The van der Waals surface area contributed by atoms with Gasteiger partial charge in [-0.2, -0.15) is 13.2 Å². The third-order valence-corrected chi connectivity index (χ3v) is 6.34. The highest BCUT2D eigenvalue weighted by atomic mass is 19.4. The molecule has 3 aliphatic rings. The number of halogens is 3. The number of aromatic nitrogens is 2. The summed E-state index contributed by atoms with van der Waals surface area (Å²) in [5, 5.41) is 10.2. The zero-order valence-electron chi connectivity index (χ0n) is 19.3. The largest absolute Gasteiger partial charge is 0.490 e. The number of urea groups is 1. The van der Waals surface area contributed by atoms with Gasteiger partial charge in [0.25, 0.3) is 0 Å². The van der Waals surface area contributed by atoms with Crippen LogP contribution in [0.15, 0.2) is 12.4 Å². The number of alkyl halides is 3. The topological polar surface area (TPSA) is 111 Å². The van der Waals surface area contributed by atoms with Crippen LogP contribution in [0.2, 0.25) is 0 Å². The number of amides is 2. The van der Waals surface area contributed by atoms with Crippen molar-refractivity contribution in [1.82, 2.24) is 20.2 Å². The number of rotatable bonds is 5. The van der Waals surface area contributed by atoms with Crippen molar-refractivity contribution in [2.75, 3.05) is 63.2 Å². The molecular weight excluding hydrogens is 457 g/mol. The Balaban J connectivity index is 0.000000406. The fourth-order valence-electron chi connectivity index (χ4n) is 4.44. The van der Waals surface area contributed by atoms with Gasteiger partial charge in [0.1, 0.15) is 23.6 Å². The van der Waals surface area contributed by atoms with E-state index in [0.717, 1.165) is 76.6 Å². The van der Waals surface area contributed by atoms with Crippen molar-refractivity contribution in [3.05, 3.63) is 12.4 Å². The van der Waals surface area contributed by atoms with Gasteiger partial charge in [-0.05, 0) is 31.6 Å². The minimum atomic E-state index is -5.08. The highest BCUT2D eigenvalue weighted by Crippen LogP contribution is 2.43. The van der Waals surface area contributed by atoms with Gasteiger partial charge >= 0.3 is 18.2 Å². The first kappa shape index (κ1) is 25.8. The standard InChI is InChI=1S/C19H30N6O2.C2HF3O2/c1-23(2)16-11-17(22-14-21-16)25-12-19(13-25)15(6-10-27-19)5-7-20-18(26)24-8-3-4-9-24;3-2(4,5)1(6)7/h11,14-15H,3-10,12-13H2,1-2H3,(H,20,26);(H,6,7). The molecule has 1 atom stereocenters. The maximum absolute atomic E-state index is 12.1. The van der Waals surface area contributed by atoms with Crippen molar-refractivity contribution in [3.8, 4) is 0 Å². The second kappa shape index (κ2) is 10.6. The fraction of sp³-hybridized carbons (Fsp3) is 0.714. The average molecular weight is 489 g/mol. The number of carboxylic acid groups (broad SMARTS) is 1. The van der Waals surface area contributed by atoms with Crippen LogP contribution in [-0.2, 0) is 9.53 Å². The first-order chi connectivity index (χ1) is 16.0. The summed E-state index contributed by atoms with van der Waals surface area (Å²) in [7, 11) is 3.96. The molecule has 3 aliphatic heterocycles. The Kier molecular flexibility index (Phi) is 8.05. The van der Waals surface area contributed by atoms with E-state index in [1.54, 1.807) is 6.33 Å². The Morgan fingerprint density at radius 3 is 2.50 bits per heavy atom. The van der Waals surface area contributed by atoms with Crippen LogP contribution >= 0.6 is 0 Å².